The molecule has 1 heterocycles. The number of benzene rings is 1. The summed E-state index contributed by atoms with van der Waals surface area (Å²) < 4.78 is 5.55. The van der Waals surface area contributed by atoms with Crippen LogP contribution in [-0.2, 0) is 11.2 Å². The van der Waals surface area contributed by atoms with Crippen molar-refractivity contribution in [3.8, 4) is 5.75 Å². The molecule has 6 heteroatoms. The maximum atomic E-state index is 10.2. The van der Waals surface area contributed by atoms with Crippen LogP contribution in [0.4, 0.5) is 0 Å². The number of hydrogen-bond donors (Lipinski definition) is 3. The van der Waals surface area contributed by atoms with E-state index in [1.165, 1.54) is 11.1 Å². The summed E-state index contributed by atoms with van der Waals surface area (Å²) in [6, 6.07) is 3.70. The molecule has 1 fully saturated rings. The Morgan fingerprint density at radius 3 is 3.04 bits per heavy atom. The van der Waals surface area contributed by atoms with Crippen molar-refractivity contribution in [1.82, 2.24) is 10.7 Å². The zero-order chi connectivity index (χ0) is 16.2. The summed E-state index contributed by atoms with van der Waals surface area (Å²) in [5.74, 6) is 0.295. The van der Waals surface area contributed by atoms with Crippen molar-refractivity contribution in [1.29, 1.82) is 0 Å². The Labute approximate surface area is 142 Å². The minimum absolute atomic E-state index is 0.240. The van der Waals surface area contributed by atoms with E-state index in [1.54, 1.807) is 6.07 Å². The maximum absolute atomic E-state index is 10.2. The van der Waals surface area contributed by atoms with Crippen molar-refractivity contribution in [3.05, 3.63) is 28.8 Å². The summed E-state index contributed by atoms with van der Waals surface area (Å²) >= 11 is 5.27. The molecule has 5 nitrogen and oxygen atoms in total. The largest absolute Gasteiger partial charge is 0.507 e. The average molecular weight is 333 g/mol. The van der Waals surface area contributed by atoms with E-state index in [1.807, 2.05) is 6.07 Å². The van der Waals surface area contributed by atoms with Gasteiger partial charge in [0.15, 0.2) is 5.11 Å². The molecule has 0 radical (unpaired) electrons. The van der Waals surface area contributed by atoms with Gasteiger partial charge in [-0.05, 0) is 68.4 Å². The van der Waals surface area contributed by atoms with Gasteiger partial charge in [0.2, 0.25) is 0 Å². The number of thiocarbonyl (C=S) groups is 1. The van der Waals surface area contributed by atoms with Gasteiger partial charge in [-0.3, -0.25) is 5.43 Å². The van der Waals surface area contributed by atoms with Crippen molar-refractivity contribution in [2.45, 2.75) is 45.1 Å². The minimum Gasteiger partial charge on any atom is -0.507 e. The molecule has 1 aromatic carbocycles. The molecule has 0 amide bonds. The molecule has 3 N–H and O–H groups in total. The fraction of sp³-hybridized carbons (Fsp3) is 0.529. The van der Waals surface area contributed by atoms with Crippen LogP contribution < -0.4 is 10.7 Å². The normalized spacial score (nSPS) is 22.0. The molecule has 0 unspecified atom stereocenters. The van der Waals surface area contributed by atoms with Crippen LogP contribution in [0.25, 0.3) is 0 Å². The Balaban J connectivity index is 1.64. The van der Waals surface area contributed by atoms with Gasteiger partial charge in [-0.15, -0.1) is 0 Å². The number of fused-ring (bicyclic) bond motifs is 1. The van der Waals surface area contributed by atoms with E-state index in [-0.39, 0.29) is 6.10 Å². The van der Waals surface area contributed by atoms with Crippen LogP contribution in [0.5, 0.6) is 5.75 Å². The molecule has 1 aliphatic heterocycles. The third-order valence-corrected chi connectivity index (χ3v) is 4.70. The quantitative estimate of drug-likeness (QED) is 0.585. The second-order valence-corrected chi connectivity index (χ2v) is 6.53. The molecular weight excluding hydrogens is 310 g/mol. The Kier molecular flexibility index (Phi) is 5.13. The van der Waals surface area contributed by atoms with Crippen LogP contribution in [0.3, 0.4) is 0 Å². The maximum Gasteiger partial charge on any atom is 0.187 e. The molecule has 1 atom stereocenters. The lowest BCUT2D eigenvalue weighted by Crippen LogP contribution is -2.37. The minimum atomic E-state index is 0.240. The summed E-state index contributed by atoms with van der Waals surface area (Å²) in [5.41, 5.74) is 7.03. The molecule has 1 aromatic rings. The molecule has 2 aliphatic rings. The smallest absolute Gasteiger partial charge is 0.187 e. The number of nitrogens with zero attached hydrogens (tertiary/aromatic N) is 1. The Morgan fingerprint density at radius 2 is 2.26 bits per heavy atom. The predicted octanol–water partition coefficient (Wildman–Crippen LogP) is 2.38. The summed E-state index contributed by atoms with van der Waals surface area (Å²) in [5, 5.41) is 18.3. The first kappa shape index (κ1) is 16.2. The van der Waals surface area contributed by atoms with Gasteiger partial charge in [-0.25, -0.2) is 0 Å². The number of rotatable bonds is 3. The van der Waals surface area contributed by atoms with Gasteiger partial charge in [0.1, 0.15) is 5.75 Å². The monoisotopic (exact) mass is 333 g/mol. The number of phenols is 1. The van der Waals surface area contributed by atoms with Crippen LogP contribution in [0.2, 0.25) is 0 Å². The van der Waals surface area contributed by atoms with E-state index in [0.29, 0.717) is 17.4 Å². The van der Waals surface area contributed by atoms with Gasteiger partial charge in [0.05, 0.1) is 11.8 Å². The van der Waals surface area contributed by atoms with Crippen molar-refractivity contribution in [3.63, 3.8) is 0 Å². The molecule has 1 aliphatic carbocycles. The zero-order valence-corrected chi connectivity index (χ0v) is 14.2. The number of ether oxygens (including phenoxy) is 1. The van der Waals surface area contributed by atoms with Gasteiger partial charge in [-0.2, -0.15) is 5.10 Å². The zero-order valence-electron chi connectivity index (χ0n) is 13.4. The highest BCUT2D eigenvalue weighted by Gasteiger charge is 2.21. The van der Waals surface area contributed by atoms with Gasteiger partial charge in [0.25, 0.3) is 0 Å². The van der Waals surface area contributed by atoms with E-state index in [0.717, 1.165) is 50.0 Å². The Morgan fingerprint density at radius 1 is 1.39 bits per heavy atom. The van der Waals surface area contributed by atoms with E-state index in [9.17, 15) is 5.11 Å². The highest BCUT2D eigenvalue weighted by molar-refractivity contribution is 7.80. The van der Waals surface area contributed by atoms with Gasteiger partial charge < -0.3 is 15.2 Å². The summed E-state index contributed by atoms with van der Waals surface area (Å²) in [6.07, 6.45) is 5.29. The number of nitrogens with one attached hydrogen (secondary N) is 2. The van der Waals surface area contributed by atoms with E-state index in [2.05, 4.69) is 22.8 Å². The number of hydrogen-bond acceptors (Lipinski definition) is 4. The Bertz CT molecular complexity index is 625. The first-order chi connectivity index (χ1) is 11.1. The third-order valence-electron chi connectivity index (χ3n) is 4.46. The van der Waals surface area contributed by atoms with E-state index >= 15 is 0 Å². The third kappa shape index (κ3) is 3.82. The fourth-order valence-corrected chi connectivity index (χ4v) is 3.35. The van der Waals surface area contributed by atoms with E-state index in [4.69, 9.17) is 17.0 Å². The molecule has 0 aromatic heterocycles. The van der Waals surface area contributed by atoms with Crippen molar-refractivity contribution in [2.24, 2.45) is 5.10 Å². The predicted molar refractivity (Wildman–Crippen MR) is 95.0 cm³/mol. The lowest BCUT2D eigenvalue weighted by molar-refractivity contribution is 0.114. The lowest BCUT2D eigenvalue weighted by Gasteiger charge is -2.21. The number of hydrazone groups is 1. The van der Waals surface area contributed by atoms with Crippen LogP contribution in [0.15, 0.2) is 17.2 Å². The van der Waals surface area contributed by atoms with Crippen LogP contribution >= 0.6 is 12.2 Å². The van der Waals surface area contributed by atoms with Gasteiger partial charge in [-0.1, -0.05) is 6.07 Å². The average Bonchev–Trinajstić information content (AvgIpc) is 3.08. The van der Waals surface area contributed by atoms with Crippen molar-refractivity contribution in [2.75, 3.05) is 13.2 Å². The molecule has 0 spiro atoms. The molecule has 23 heavy (non-hydrogen) atoms. The van der Waals surface area contributed by atoms with Crippen LogP contribution in [0.1, 0.15) is 42.4 Å². The molecule has 124 valence electrons. The molecule has 0 saturated carbocycles. The summed E-state index contributed by atoms with van der Waals surface area (Å²) in [7, 11) is 0. The highest BCUT2D eigenvalue weighted by Crippen LogP contribution is 2.31. The summed E-state index contributed by atoms with van der Waals surface area (Å²) in [6.45, 7) is 3.62. The van der Waals surface area contributed by atoms with Crippen LogP contribution in [0, 0.1) is 6.92 Å². The fourth-order valence-electron chi connectivity index (χ4n) is 3.22. The van der Waals surface area contributed by atoms with E-state index < -0.39 is 0 Å². The molecular formula is C17H23N3O2S. The van der Waals surface area contributed by atoms with Crippen molar-refractivity contribution < 1.29 is 9.84 Å². The second kappa shape index (κ2) is 7.27. The SMILES string of the molecule is Cc1ccc(O)c2c1CCC/C2=N\NC(=S)NC[C@H]1CCCO1. The number of phenolic OH excluding ortho intramolecular Hbond substituents is 1. The highest BCUT2D eigenvalue weighted by atomic mass is 32.1. The number of aromatic hydroxyl groups is 1. The lowest BCUT2D eigenvalue weighted by atomic mass is 9.86. The van der Waals surface area contributed by atoms with Crippen LogP contribution in [-0.4, -0.2) is 35.2 Å². The standard InChI is InChI=1S/C17H23N3O2S/c1-11-7-8-15(21)16-13(11)5-2-6-14(16)19-20-17(23)18-10-12-4-3-9-22-12/h7-8,12,21H,2-6,9-10H2,1H3,(H2,18,20,23)/b19-14+/t12-/m1/s1. The topological polar surface area (TPSA) is 65.9 Å². The summed E-state index contributed by atoms with van der Waals surface area (Å²) in [4.78, 5) is 0. The first-order valence-electron chi connectivity index (χ1n) is 8.19. The molecule has 1 saturated heterocycles. The molecule has 3 rings (SSSR count). The van der Waals surface area contributed by atoms with Gasteiger partial charge in [0, 0.05) is 18.7 Å². The van der Waals surface area contributed by atoms with Gasteiger partial charge >= 0.3 is 0 Å². The Hall–Kier alpha value is -1.66. The number of aryl methyl sites for hydroxylation is 1. The second-order valence-electron chi connectivity index (χ2n) is 6.12. The molecule has 0 bridgehead atoms. The van der Waals surface area contributed by atoms with Crippen molar-refractivity contribution >= 4 is 23.0 Å². The first-order valence-corrected chi connectivity index (χ1v) is 8.60.